The topological polar surface area (TPSA) is 57.2 Å². The molecule has 0 radical (unpaired) electrons. The second-order valence-electron chi connectivity index (χ2n) is 8.94. The molecule has 1 heterocycles. The van der Waals surface area contributed by atoms with Crippen LogP contribution in [0, 0.1) is 0 Å². The van der Waals surface area contributed by atoms with Gasteiger partial charge in [0, 0.05) is 24.9 Å². The third kappa shape index (κ3) is 5.06. The highest BCUT2D eigenvalue weighted by Crippen LogP contribution is 2.36. The molecule has 4 nitrogen and oxygen atoms in total. The number of hydrogen-bond acceptors (Lipinski definition) is 3. The molecular formula is C26H34N2O2Si. The van der Waals surface area contributed by atoms with Crippen LogP contribution in [-0.4, -0.2) is 26.0 Å². The highest BCUT2D eigenvalue weighted by Gasteiger charge is 2.49. The van der Waals surface area contributed by atoms with Gasteiger partial charge < -0.3 is 14.7 Å². The molecule has 0 saturated heterocycles. The number of nitrogens with two attached hydrogens (primary N) is 1. The van der Waals surface area contributed by atoms with Crippen LogP contribution in [0.2, 0.25) is 5.04 Å². The third-order valence-electron chi connectivity index (χ3n) is 5.79. The molecule has 3 rings (SSSR count). The van der Waals surface area contributed by atoms with Crippen LogP contribution in [0.4, 0.5) is 0 Å². The first kappa shape index (κ1) is 23.2. The average Bonchev–Trinajstić information content (AvgIpc) is 2.77. The first-order valence-electron chi connectivity index (χ1n) is 11.0. The van der Waals surface area contributed by atoms with E-state index >= 15 is 0 Å². The summed E-state index contributed by atoms with van der Waals surface area (Å²) in [5, 5.41) is 2.50. The molecule has 0 fully saturated rings. The molecule has 0 aliphatic heterocycles. The van der Waals surface area contributed by atoms with Gasteiger partial charge in [0.05, 0.1) is 0 Å². The number of aryl methyl sites for hydroxylation is 1. The lowest BCUT2D eigenvalue weighted by Crippen LogP contribution is -2.66. The highest BCUT2D eigenvalue weighted by atomic mass is 28.4. The average molecular weight is 435 g/mol. The molecule has 164 valence electrons. The van der Waals surface area contributed by atoms with E-state index in [2.05, 4.69) is 81.4 Å². The number of aromatic nitrogens is 1. The van der Waals surface area contributed by atoms with Gasteiger partial charge in [0.15, 0.2) is 0 Å². The number of pyridine rings is 1. The summed E-state index contributed by atoms with van der Waals surface area (Å²) in [6.45, 7) is 8.55. The van der Waals surface area contributed by atoms with Gasteiger partial charge in [-0.1, -0.05) is 87.5 Å². The summed E-state index contributed by atoms with van der Waals surface area (Å²) in [6.07, 6.45) is 3.24. The maximum atomic E-state index is 12.6. The molecule has 5 heteroatoms. The molecule has 2 aromatic carbocycles. The van der Waals surface area contributed by atoms with Crippen molar-refractivity contribution in [2.75, 3.05) is 13.2 Å². The van der Waals surface area contributed by atoms with E-state index < -0.39 is 8.32 Å². The van der Waals surface area contributed by atoms with Crippen LogP contribution in [0.25, 0.3) is 0 Å². The van der Waals surface area contributed by atoms with Crippen LogP contribution in [0.5, 0.6) is 0 Å². The molecule has 0 amide bonds. The summed E-state index contributed by atoms with van der Waals surface area (Å²) in [4.78, 5) is 12.6. The third-order valence-corrected chi connectivity index (χ3v) is 10.8. The fourth-order valence-electron chi connectivity index (χ4n) is 4.33. The SMILES string of the molecule is CC(C)(C)[Si](OCCCn1cccc(CCN)c1=O)(c1ccccc1)c1ccccc1. The Bertz CT molecular complexity index is 971. The summed E-state index contributed by atoms with van der Waals surface area (Å²) < 4.78 is 8.69. The van der Waals surface area contributed by atoms with Crippen LogP contribution in [0.3, 0.4) is 0 Å². The first-order valence-corrected chi connectivity index (χ1v) is 12.9. The molecule has 0 unspecified atom stereocenters. The fraction of sp³-hybridized carbons (Fsp3) is 0.346. The van der Waals surface area contributed by atoms with E-state index in [9.17, 15) is 4.79 Å². The van der Waals surface area contributed by atoms with Crippen molar-refractivity contribution in [2.45, 2.75) is 45.2 Å². The monoisotopic (exact) mass is 434 g/mol. The van der Waals surface area contributed by atoms with Gasteiger partial charge in [-0.3, -0.25) is 4.79 Å². The Balaban J connectivity index is 1.86. The summed E-state index contributed by atoms with van der Waals surface area (Å²) in [7, 11) is -2.53. The van der Waals surface area contributed by atoms with Crippen molar-refractivity contribution in [3.63, 3.8) is 0 Å². The summed E-state index contributed by atoms with van der Waals surface area (Å²) in [5.74, 6) is 0. The van der Waals surface area contributed by atoms with E-state index in [4.69, 9.17) is 10.2 Å². The Morgan fingerprint density at radius 2 is 1.48 bits per heavy atom. The molecule has 0 bridgehead atoms. The largest absolute Gasteiger partial charge is 0.407 e. The molecule has 0 aliphatic carbocycles. The van der Waals surface area contributed by atoms with Gasteiger partial charge >= 0.3 is 0 Å². The molecule has 2 N–H and O–H groups in total. The zero-order chi connectivity index (χ0) is 22.3. The highest BCUT2D eigenvalue weighted by molar-refractivity contribution is 6.99. The summed E-state index contributed by atoms with van der Waals surface area (Å²) >= 11 is 0. The molecule has 3 aromatic rings. The van der Waals surface area contributed by atoms with E-state index in [0.717, 1.165) is 12.0 Å². The minimum Gasteiger partial charge on any atom is -0.407 e. The van der Waals surface area contributed by atoms with E-state index in [1.807, 2.05) is 18.3 Å². The molecule has 0 aliphatic rings. The number of benzene rings is 2. The maximum Gasteiger partial charge on any atom is 0.261 e. The lowest BCUT2D eigenvalue weighted by atomic mass is 10.2. The van der Waals surface area contributed by atoms with Crippen LogP contribution in [0.1, 0.15) is 32.8 Å². The number of nitrogens with zero attached hydrogens (tertiary/aromatic N) is 1. The lowest BCUT2D eigenvalue weighted by molar-refractivity contribution is 0.283. The number of rotatable bonds is 9. The van der Waals surface area contributed by atoms with Crippen LogP contribution < -0.4 is 21.7 Å². The molecule has 0 spiro atoms. The first-order chi connectivity index (χ1) is 14.9. The molecule has 0 atom stereocenters. The Labute approximate surface area is 186 Å². The molecule has 31 heavy (non-hydrogen) atoms. The van der Waals surface area contributed by atoms with Gasteiger partial charge in [-0.2, -0.15) is 0 Å². The predicted molar refractivity (Wildman–Crippen MR) is 132 cm³/mol. The summed E-state index contributed by atoms with van der Waals surface area (Å²) in [6, 6.07) is 25.1. The lowest BCUT2D eigenvalue weighted by Gasteiger charge is -2.43. The minimum atomic E-state index is -2.53. The van der Waals surface area contributed by atoms with E-state index in [0.29, 0.717) is 26.1 Å². The zero-order valence-electron chi connectivity index (χ0n) is 18.9. The van der Waals surface area contributed by atoms with Gasteiger partial charge in [-0.05, 0) is 40.9 Å². The zero-order valence-corrected chi connectivity index (χ0v) is 19.9. The smallest absolute Gasteiger partial charge is 0.261 e. The normalized spacial score (nSPS) is 12.1. The molecular weight excluding hydrogens is 400 g/mol. The van der Waals surface area contributed by atoms with E-state index in [1.165, 1.54) is 10.4 Å². The quantitative estimate of drug-likeness (QED) is 0.415. The second kappa shape index (κ2) is 10.2. The Morgan fingerprint density at radius 3 is 2.00 bits per heavy atom. The van der Waals surface area contributed by atoms with Crippen molar-refractivity contribution in [3.05, 3.63) is 94.9 Å². The van der Waals surface area contributed by atoms with Crippen molar-refractivity contribution < 1.29 is 4.43 Å². The summed E-state index contributed by atoms with van der Waals surface area (Å²) in [5.41, 5.74) is 6.47. The number of hydrogen-bond donors (Lipinski definition) is 1. The van der Waals surface area contributed by atoms with Crippen LogP contribution in [-0.2, 0) is 17.4 Å². The van der Waals surface area contributed by atoms with Gasteiger partial charge in [0.2, 0.25) is 0 Å². The molecule has 0 saturated carbocycles. The van der Waals surface area contributed by atoms with Crippen molar-refractivity contribution in [3.8, 4) is 0 Å². The second-order valence-corrected chi connectivity index (χ2v) is 13.2. The standard InChI is InChI=1S/C26H34N2O2Si/c1-26(2,3)31(23-13-6-4-7-14-23,24-15-8-5-9-16-24)30-21-11-20-28-19-10-12-22(17-18-27)25(28)29/h4-10,12-16,19H,11,17-18,20-21,27H2,1-3H3. The van der Waals surface area contributed by atoms with E-state index in [1.54, 1.807) is 4.57 Å². The Kier molecular flexibility index (Phi) is 7.65. The van der Waals surface area contributed by atoms with Crippen molar-refractivity contribution >= 4 is 18.7 Å². The van der Waals surface area contributed by atoms with Crippen molar-refractivity contribution in [1.29, 1.82) is 0 Å². The van der Waals surface area contributed by atoms with Gasteiger partial charge in [-0.25, -0.2) is 0 Å². The molecule has 1 aromatic heterocycles. The van der Waals surface area contributed by atoms with Crippen LogP contribution in [0.15, 0.2) is 83.8 Å². The Hall–Kier alpha value is -2.47. The Morgan fingerprint density at radius 1 is 0.903 bits per heavy atom. The van der Waals surface area contributed by atoms with Crippen molar-refractivity contribution in [1.82, 2.24) is 4.57 Å². The predicted octanol–water partition coefficient (Wildman–Crippen LogP) is 3.32. The van der Waals surface area contributed by atoms with Gasteiger partial charge in [0.1, 0.15) is 0 Å². The van der Waals surface area contributed by atoms with Gasteiger partial charge in [0.25, 0.3) is 13.9 Å². The van der Waals surface area contributed by atoms with Crippen molar-refractivity contribution in [2.24, 2.45) is 5.73 Å². The maximum absolute atomic E-state index is 12.6. The van der Waals surface area contributed by atoms with Crippen LogP contribution >= 0.6 is 0 Å². The van der Waals surface area contributed by atoms with Gasteiger partial charge in [-0.15, -0.1) is 0 Å². The fourth-order valence-corrected chi connectivity index (χ4v) is 8.94. The minimum absolute atomic E-state index is 0.0480. The van der Waals surface area contributed by atoms with E-state index in [-0.39, 0.29) is 10.6 Å².